The molecule has 2 atom stereocenters. The van der Waals surface area contributed by atoms with Crippen molar-refractivity contribution in [1.29, 1.82) is 0 Å². The first-order valence-corrected chi connectivity index (χ1v) is 9.95. The molecule has 0 aromatic heterocycles. The van der Waals surface area contributed by atoms with Gasteiger partial charge in [0.15, 0.2) is 0 Å². The van der Waals surface area contributed by atoms with E-state index >= 15 is 0 Å². The minimum atomic E-state index is -4.47. The average molecular weight is 424 g/mol. The molecule has 3 amide bonds. The lowest BCUT2D eigenvalue weighted by Gasteiger charge is -2.39. The Morgan fingerprint density at radius 1 is 1.23 bits per heavy atom. The molecular formula is C20H23F3N4O3. The number of fused-ring (bicyclic) bond motifs is 1. The van der Waals surface area contributed by atoms with Crippen molar-refractivity contribution < 1.29 is 27.6 Å². The van der Waals surface area contributed by atoms with E-state index in [1.165, 1.54) is 9.80 Å². The molecule has 3 N–H and O–H groups in total. The molecule has 1 aromatic rings. The zero-order valence-electron chi connectivity index (χ0n) is 16.3. The van der Waals surface area contributed by atoms with E-state index in [0.717, 1.165) is 0 Å². The fourth-order valence-corrected chi connectivity index (χ4v) is 4.86. The van der Waals surface area contributed by atoms with E-state index in [4.69, 9.17) is 5.73 Å². The molecule has 0 radical (unpaired) electrons. The normalized spacial score (nSPS) is 27.5. The third kappa shape index (κ3) is 3.18. The van der Waals surface area contributed by atoms with Gasteiger partial charge in [-0.2, -0.15) is 13.2 Å². The molecule has 30 heavy (non-hydrogen) atoms. The summed E-state index contributed by atoms with van der Waals surface area (Å²) in [5, 5.41) is 2.24. The Hall–Kier alpha value is -2.46. The maximum Gasteiger partial charge on any atom is 0.408 e. The van der Waals surface area contributed by atoms with Crippen LogP contribution in [-0.4, -0.2) is 58.4 Å². The molecule has 0 bridgehead atoms. The molecule has 3 aliphatic heterocycles. The Bertz CT molecular complexity index is 904. The Kier molecular flexibility index (Phi) is 5.09. The smallest absolute Gasteiger partial charge is 0.328 e. The van der Waals surface area contributed by atoms with Crippen LogP contribution < -0.4 is 11.1 Å². The van der Waals surface area contributed by atoms with Crippen molar-refractivity contribution in [3.8, 4) is 0 Å². The lowest BCUT2D eigenvalue weighted by Crippen LogP contribution is -2.59. The van der Waals surface area contributed by atoms with Crippen LogP contribution in [0.25, 0.3) is 0 Å². The highest BCUT2D eigenvalue weighted by Gasteiger charge is 2.59. The predicted molar refractivity (Wildman–Crippen MR) is 100.0 cm³/mol. The predicted octanol–water partition coefficient (Wildman–Crippen LogP) is 1.30. The van der Waals surface area contributed by atoms with E-state index in [2.05, 4.69) is 5.32 Å². The van der Waals surface area contributed by atoms with Crippen LogP contribution >= 0.6 is 0 Å². The Morgan fingerprint density at radius 2 is 2.00 bits per heavy atom. The maximum atomic E-state index is 13.8. The zero-order valence-corrected chi connectivity index (χ0v) is 16.3. The number of piperidine rings is 1. The van der Waals surface area contributed by atoms with Crippen LogP contribution in [0, 0.1) is 0 Å². The summed E-state index contributed by atoms with van der Waals surface area (Å²) in [6, 6.07) is 4.34. The highest BCUT2D eigenvalue weighted by molar-refractivity contribution is 6.06. The number of nitrogens with one attached hydrogen (secondary N) is 1. The van der Waals surface area contributed by atoms with E-state index < -0.39 is 30.2 Å². The number of likely N-dealkylation sites (tertiary alicyclic amines) is 1. The summed E-state index contributed by atoms with van der Waals surface area (Å²) >= 11 is 0. The number of benzene rings is 1. The molecule has 2 unspecified atom stereocenters. The second-order valence-electron chi connectivity index (χ2n) is 8.11. The van der Waals surface area contributed by atoms with E-state index in [0.29, 0.717) is 23.1 Å². The Labute approximate surface area is 171 Å². The van der Waals surface area contributed by atoms with E-state index in [1.54, 1.807) is 18.2 Å². The molecule has 4 rings (SSSR count). The van der Waals surface area contributed by atoms with Gasteiger partial charge in [-0.3, -0.25) is 24.6 Å². The van der Waals surface area contributed by atoms with Crippen LogP contribution in [0.15, 0.2) is 18.2 Å². The van der Waals surface area contributed by atoms with Gasteiger partial charge in [-0.15, -0.1) is 0 Å². The van der Waals surface area contributed by atoms with Crippen LogP contribution in [0.3, 0.4) is 0 Å². The lowest BCUT2D eigenvalue weighted by atomic mass is 9.94. The summed E-state index contributed by atoms with van der Waals surface area (Å²) in [4.78, 5) is 39.5. The zero-order chi connectivity index (χ0) is 21.7. The summed E-state index contributed by atoms with van der Waals surface area (Å²) in [7, 11) is 0. The highest BCUT2D eigenvalue weighted by Crippen LogP contribution is 2.43. The third-order valence-electron chi connectivity index (χ3n) is 6.49. The third-order valence-corrected chi connectivity index (χ3v) is 6.49. The molecule has 0 aliphatic carbocycles. The van der Waals surface area contributed by atoms with E-state index in [9.17, 15) is 27.6 Å². The molecular weight excluding hydrogens is 401 g/mol. The SMILES string of the molecule is NCC1(C(F)(F)F)CCCN1Cc1cccc2c1C(=O)N(C1CCC(=O)NC1=O)C2. The van der Waals surface area contributed by atoms with Crippen LogP contribution in [0.2, 0.25) is 0 Å². The van der Waals surface area contributed by atoms with Gasteiger partial charge in [-0.1, -0.05) is 18.2 Å². The number of nitrogens with two attached hydrogens (primary N) is 1. The summed E-state index contributed by atoms with van der Waals surface area (Å²) < 4.78 is 41.5. The van der Waals surface area contributed by atoms with E-state index in [1.807, 2.05) is 0 Å². The van der Waals surface area contributed by atoms with Crippen molar-refractivity contribution in [2.45, 2.75) is 56.5 Å². The van der Waals surface area contributed by atoms with Crippen LogP contribution in [0.5, 0.6) is 0 Å². The standard InChI is InChI=1S/C20H23F3N4O3/c21-20(22,23)19(11-24)7-2-8-26(19)9-12-3-1-4-13-10-27(18(30)16(12)13)14-5-6-15(28)25-17(14)29/h1,3-4,14H,2,5-11,24H2,(H,25,28,29). The van der Waals surface area contributed by atoms with Gasteiger partial charge in [0.2, 0.25) is 11.8 Å². The van der Waals surface area contributed by atoms with E-state index in [-0.39, 0.29) is 50.7 Å². The largest absolute Gasteiger partial charge is 0.408 e. The number of nitrogens with zero attached hydrogens (tertiary/aromatic N) is 2. The molecule has 0 spiro atoms. The monoisotopic (exact) mass is 424 g/mol. The number of imide groups is 1. The van der Waals surface area contributed by atoms with Crippen molar-refractivity contribution in [2.75, 3.05) is 13.1 Å². The van der Waals surface area contributed by atoms with Gasteiger partial charge in [0.1, 0.15) is 11.6 Å². The Morgan fingerprint density at radius 3 is 2.67 bits per heavy atom. The van der Waals surface area contributed by atoms with Crippen LogP contribution in [-0.2, 0) is 22.7 Å². The lowest BCUT2D eigenvalue weighted by molar-refractivity contribution is -0.221. The van der Waals surface area contributed by atoms with Crippen molar-refractivity contribution in [1.82, 2.24) is 15.1 Å². The minimum absolute atomic E-state index is 0.0468. The van der Waals surface area contributed by atoms with Gasteiger partial charge >= 0.3 is 6.18 Å². The van der Waals surface area contributed by atoms with Gasteiger partial charge in [-0.25, -0.2) is 0 Å². The molecule has 2 fully saturated rings. The number of alkyl halides is 3. The van der Waals surface area contributed by atoms with Crippen molar-refractivity contribution in [3.63, 3.8) is 0 Å². The van der Waals surface area contributed by atoms with Crippen molar-refractivity contribution in [2.24, 2.45) is 5.73 Å². The number of hydrogen-bond acceptors (Lipinski definition) is 5. The molecule has 0 saturated carbocycles. The molecule has 3 heterocycles. The first-order chi connectivity index (χ1) is 14.2. The first kappa shape index (κ1) is 20.8. The average Bonchev–Trinajstić information content (AvgIpc) is 3.24. The first-order valence-electron chi connectivity index (χ1n) is 9.95. The molecule has 2 saturated heterocycles. The van der Waals surface area contributed by atoms with Gasteiger partial charge in [-0.05, 0) is 36.9 Å². The summed E-state index contributed by atoms with van der Waals surface area (Å²) in [5.41, 5.74) is 5.00. The highest BCUT2D eigenvalue weighted by atomic mass is 19.4. The fourth-order valence-electron chi connectivity index (χ4n) is 4.86. The molecule has 10 heteroatoms. The van der Waals surface area contributed by atoms with Crippen LogP contribution in [0.4, 0.5) is 13.2 Å². The number of halogens is 3. The van der Waals surface area contributed by atoms with Crippen molar-refractivity contribution in [3.05, 3.63) is 34.9 Å². The number of carbonyl (C=O) groups excluding carboxylic acids is 3. The second-order valence-corrected chi connectivity index (χ2v) is 8.11. The van der Waals surface area contributed by atoms with Crippen LogP contribution in [0.1, 0.15) is 47.2 Å². The second kappa shape index (κ2) is 7.35. The van der Waals surface area contributed by atoms with Gasteiger partial charge in [0.05, 0.1) is 0 Å². The van der Waals surface area contributed by atoms with Gasteiger partial charge < -0.3 is 10.6 Å². The quantitative estimate of drug-likeness (QED) is 0.711. The fraction of sp³-hybridized carbons (Fsp3) is 0.550. The number of hydrogen-bond donors (Lipinski definition) is 2. The topological polar surface area (TPSA) is 95.7 Å². The number of amides is 3. The number of carbonyl (C=O) groups is 3. The van der Waals surface area contributed by atoms with Gasteiger partial charge in [0.25, 0.3) is 5.91 Å². The summed E-state index contributed by atoms with van der Waals surface area (Å²) in [6.07, 6.45) is -3.79. The maximum absolute atomic E-state index is 13.8. The Balaban J connectivity index is 1.61. The molecule has 3 aliphatic rings. The number of rotatable bonds is 4. The summed E-state index contributed by atoms with van der Waals surface area (Å²) in [6.45, 7) is -0.155. The molecule has 1 aromatic carbocycles. The molecule has 162 valence electrons. The van der Waals surface area contributed by atoms with Crippen molar-refractivity contribution >= 4 is 17.7 Å². The molecule has 7 nitrogen and oxygen atoms in total. The summed E-state index contributed by atoms with van der Waals surface area (Å²) in [5.74, 6) is -1.28. The van der Waals surface area contributed by atoms with Gasteiger partial charge in [0, 0.05) is 31.6 Å². The minimum Gasteiger partial charge on any atom is -0.328 e.